The molecule has 8 nitrogen and oxygen atoms in total. The van der Waals surface area contributed by atoms with Crippen molar-refractivity contribution in [3.8, 4) is 5.75 Å². The maximum Gasteiger partial charge on any atom is 0.337 e. The molecule has 0 unspecified atom stereocenters. The Balaban J connectivity index is 1.48. The van der Waals surface area contributed by atoms with Gasteiger partial charge in [-0.3, -0.25) is 10.1 Å². The highest BCUT2D eigenvalue weighted by molar-refractivity contribution is 6.04. The highest BCUT2D eigenvalue weighted by Gasteiger charge is 2.18. The number of nitrogens with zero attached hydrogens (tertiary/aromatic N) is 2. The fraction of sp³-hybridized carbons (Fsp3) is 0.263. The lowest BCUT2D eigenvalue weighted by molar-refractivity contribution is 0.0698. The number of para-hydroxylation sites is 1. The number of nitrogens with one attached hydrogen (secondary N) is 2. The zero-order chi connectivity index (χ0) is 18.8. The quantitative estimate of drug-likeness (QED) is 0.638. The van der Waals surface area contributed by atoms with Gasteiger partial charge in [-0.25, -0.2) is 14.8 Å². The molecule has 0 bridgehead atoms. The summed E-state index contributed by atoms with van der Waals surface area (Å²) in [6.07, 6.45) is 6.22. The largest absolute Gasteiger partial charge is 0.489 e. The van der Waals surface area contributed by atoms with Crippen LogP contribution in [0.5, 0.6) is 5.75 Å². The minimum Gasteiger partial charge on any atom is -0.489 e. The lowest BCUT2D eigenvalue weighted by Crippen LogP contribution is -2.15. The molecule has 138 valence electrons. The number of pyridine rings is 1. The third-order valence-corrected chi connectivity index (χ3v) is 4.55. The number of amides is 1. The summed E-state index contributed by atoms with van der Waals surface area (Å²) >= 11 is 0. The summed E-state index contributed by atoms with van der Waals surface area (Å²) < 4.78 is 5.84. The van der Waals surface area contributed by atoms with Crippen molar-refractivity contribution in [2.45, 2.75) is 31.8 Å². The van der Waals surface area contributed by atoms with Crippen molar-refractivity contribution in [1.82, 2.24) is 15.0 Å². The number of aromatic nitrogens is 3. The van der Waals surface area contributed by atoms with Crippen molar-refractivity contribution in [3.63, 3.8) is 0 Å². The topological polar surface area (TPSA) is 117 Å². The van der Waals surface area contributed by atoms with E-state index in [2.05, 4.69) is 20.3 Å². The van der Waals surface area contributed by atoms with Crippen LogP contribution >= 0.6 is 0 Å². The van der Waals surface area contributed by atoms with Crippen LogP contribution in [-0.2, 0) is 0 Å². The SMILES string of the molecule is O=C(Nc1nc2c(C(=O)O)cccc2[nH]1)c1ccc(OC2CCCC2)cn1. The molecule has 1 aromatic carbocycles. The van der Waals surface area contributed by atoms with Gasteiger partial charge < -0.3 is 14.8 Å². The number of fused-ring (bicyclic) bond motifs is 1. The van der Waals surface area contributed by atoms with Crippen molar-refractivity contribution < 1.29 is 19.4 Å². The molecule has 8 heteroatoms. The average molecular weight is 366 g/mol. The Morgan fingerprint density at radius 1 is 1.19 bits per heavy atom. The highest BCUT2D eigenvalue weighted by atomic mass is 16.5. The Labute approximate surface area is 154 Å². The zero-order valence-corrected chi connectivity index (χ0v) is 14.4. The number of benzene rings is 1. The van der Waals surface area contributed by atoms with Crippen molar-refractivity contribution in [2.75, 3.05) is 5.32 Å². The van der Waals surface area contributed by atoms with Crippen molar-refractivity contribution in [1.29, 1.82) is 0 Å². The number of rotatable bonds is 5. The van der Waals surface area contributed by atoms with Gasteiger partial charge in [0, 0.05) is 0 Å². The predicted octanol–water partition coefficient (Wildman–Crippen LogP) is 3.23. The van der Waals surface area contributed by atoms with E-state index >= 15 is 0 Å². The summed E-state index contributed by atoms with van der Waals surface area (Å²) in [6.45, 7) is 0. The third-order valence-electron chi connectivity index (χ3n) is 4.55. The normalized spacial score (nSPS) is 14.4. The van der Waals surface area contributed by atoms with Crippen LogP contribution in [0.4, 0.5) is 5.95 Å². The second kappa shape index (κ2) is 7.06. The lowest BCUT2D eigenvalue weighted by atomic mass is 10.2. The van der Waals surface area contributed by atoms with Gasteiger partial charge in [-0.2, -0.15) is 0 Å². The summed E-state index contributed by atoms with van der Waals surface area (Å²) in [6, 6.07) is 8.08. The Hall–Kier alpha value is -3.42. The van der Waals surface area contributed by atoms with E-state index in [1.807, 2.05) is 0 Å². The molecular formula is C19H18N4O4. The highest BCUT2D eigenvalue weighted by Crippen LogP contribution is 2.24. The van der Waals surface area contributed by atoms with Gasteiger partial charge in [0.2, 0.25) is 5.95 Å². The molecule has 0 saturated heterocycles. The van der Waals surface area contributed by atoms with Crippen molar-refractivity contribution in [2.24, 2.45) is 0 Å². The van der Waals surface area contributed by atoms with Crippen LogP contribution in [0.15, 0.2) is 36.5 Å². The number of ether oxygens (including phenoxy) is 1. The lowest BCUT2D eigenvalue weighted by Gasteiger charge is -2.12. The Kier molecular flexibility index (Phi) is 4.45. The van der Waals surface area contributed by atoms with Crippen LogP contribution in [-0.4, -0.2) is 38.0 Å². The van der Waals surface area contributed by atoms with E-state index in [4.69, 9.17) is 4.74 Å². The van der Waals surface area contributed by atoms with Crippen LogP contribution in [0.25, 0.3) is 11.0 Å². The van der Waals surface area contributed by atoms with Crippen LogP contribution < -0.4 is 10.1 Å². The fourth-order valence-electron chi connectivity index (χ4n) is 3.22. The van der Waals surface area contributed by atoms with E-state index in [9.17, 15) is 14.7 Å². The number of H-pyrrole nitrogens is 1. The molecular weight excluding hydrogens is 348 g/mol. The average Bonchev–Trinajstić information content (AvgIpc) is 3.30. The summed E-state index contributed by atoms with van der Waals surface area (Å²) in [5, 5.41) is 11.8. The first-order valence-electron chi connectivity index (χ1n) is 8.76. The number of carbonyl (C=O) groups excluding carboxylic acids is 1. The number of carboxylic acids is 1. The number of anilines is 1. The van der Waals surface area contributed by atoms with Gasteiger partial charge in [-0.15, -0.1) is 0 Å². The van der Waals surface area contributed by atoms with E-state index < -0.39 is 11.9 Å². The summed E-state index contributed by atoms with van der Waals surface area (Å²) in [4.78, 5) is 34.8. The molecule has 1 saturated carbocycles. The molecule has 1 aliphatic rings. The molecule has 4 rings (SSSR count). The van der Waals surface area contributed by atoms with Crippen LogP contribution in [0, 0.1) is 0 Å². The number of aromatic amines is 1. The maximum absolute atomic E-state index is 12.4. The van der Waals surface area contributed by atoms with E-state index in [-0.39, 0.29) is 28.8 Å². The number of carboxylic acid groups (broad SMARTS) is 1. The number of hydrogen-bond donors (Lipinski definition) is 3. The number of carbonyl (C=O) groups is 2. The fourth-order valence-corrected chi connectivity index (χ4v) is 3.22. The molecule has 2 aromatic heterocycles. The maximum atomic E-state index is 12.4. The Morgan fingerprint density at radius 3 is 2.70 bits per heavy atom. The molecule has 3 N–H and O–H groups in total. The summed E-state index contributed by atoms with van der Waals surface area (Å²) in [5.41, 5.74) is 1.09. The van der Waals surface area contributed by atoms with Crippen LogP contribution in [0.3, 0.4) is 0 Å². The smallest absolute Gasteiger partial charge is 0.337 e. The number of imidazole rings is 1. The molecule has 0 radical (unpaired) electrons. The van der Waals surface area contributed by atoms with E-state index in [1.165, 1.54) is 25.1 Å². The standard InChI is InChI=1S/C19H18N4O4/c24-17(15-9-8-12(10-20-15)27-11-4-1-2-5-11)23-19-21-14-7-3-6-13(18(25)26)16(14)22-19/h3,6-11H,1-2,4-5H2,(H,25,26)(H2,21,22,23,24). The van der Waals surface area contributed by atoms with Gasteiger partial charge in [0.05, 0.1) is 23.4 Å². The first kappa shape index (κ1) is 17.0. The minimum absolute atomic E-state index is 0.0655. The first-order chi connectivity index (χ1) is 13.1. The van der Waals surface area contributed by atoms with Gasteiger partial charge in [-0.05, 0) is 49.9 Å². The molecule has 0 aliphatic heterocycles. The van der Waals surface area contributed by atoms with E-state index in [1.54, 1.807) is 24.3 Å². The third kappa shape index (κ3) is 3.59. The van der Waals surface area contributed by atoms with Crippen LogP contribution in [0.2, 0.25) is 0 Å². The molecule has 1 amide bonds. The molecule has 27 heavy (non-hydrogen) atoms. The second-order valence-electron chi connectivity index (χ2n) is 6.45. The molecule has 0 spiro atoms. The van der Waals surface area contributed by atoms with Gasteiger partial charge in [-0.1, -0.05) is 6.07 Å². The molecule has 0 atom stereocenters. The number of aromatic carboxylic acids is 1. The van der Waals surface area contributed by atoms with Gasteiger partial charge in [0.15, 0.2) is 0 Å². The van der Waals surface area contributed by atoms with Gasteiger partial charge in [0.25, 0.3) is 5.91 Å². The summed E-state index contributed by atoms with van der Waals surface area (Å²) in [5.74, 6) is -0.715. The van der Waals surface area contributed by atoms with Crippen molar-refractivity contribution in [3.05, 3.63) is 47.8 Å². The zero-order valence-electron chi connectivity index (χ0n) is 14.4. The second-order valence-corrected chi connectivity index (χ2v) is 6.45. The monoisotopic (exact) mass is 366 g/mol. The molecule has 3 aromatic rings. The van der Waals surface area contributed by atoms with E-state index in [0.717, 1.165) is 12.8 Å². The Bertz CT molecular complexity index is 991. The van der Waals surface area contributed by atoms with Gasteiger partial charge in [0.1, 0.15) is 17.0 Å². The minimum atomic E-state index is -1.08. The molecule has 2 heterocycles. The predicted molar refractivity (Wildman–Crippen MR) is 98.1 cm³/mol. The summed E-state index contributed by atoms with van der Waals surface area (Å²) in [7, 11) is 0. The molecule has 1 fully saturated rings. The van der Waals surface area contributed by atoms with Crippen LogP contribution in [0.1, 0.15) is 46.5 Å². The first-order valence-corrected chi connectivity index (χ1v) is 8.76. The Morgan fingerprint density at radius 2 is 2.00 bits per heavy atom. The molecule has 1 aliphatic carbocycles. The number of hydrogen-bond acceptors (Lipinski definition) is 5. The van der Waals surface area contributed by atoms with Crippen molar-refractivity contribution >= 4 is 28.9 Å². The van der Waals surface area contributed by atoms with Gasteiger partial charge >= 0.3 is 5.97 Å². The van der Waals surface area contributed by atoms with E-state index in [0.29, 0.717) is 11.3 Å².